The molecule has 3 rings (SSSR count). The quantitative estimate of drug-likeness (QED) is 0.787. The van der Waals surface area contributed by atoms with Crippen LogP contribution in [0.1, 0.15) is 11.3 Å². The second-order valence-electron chi connectivity index (χ2n) is 5.01. The van der Waals surface area contributed by atoms with Gasteiger partial charge >= 0.3 is 0 Å². The predicted molar refractivity (Wildman–Crippen MR) is 83.1 cm³/mol. The van der Waals surface area contributed by atoms with Gasteiger partial charge in [-0.15, -0.1) is 0 Å². The van der Waals surface area contributed by atoms with E-state index in [0.717, 1.165) is 5.56 Å². The van der Waals surface area contributed by atoms with Crippen molar-refractivity contribution in [3.63, 3.8) is 0 Å². The number of H-pyrrole nitrogens is 1. The number of hydrogen-bond acceptors (Lipinski definition) is 2. The molecule has 0 fully saturated rings. The van der Waals surface area contributed by atoms with Gasteiger partial charge in [0, 0.05) is 23.8 Å². The summed E-state index contributed by atoms with van der Waals surface area (Å²) < 4.78 is 2.94. The van der Waals surface area contributed by atoms with Crippen molar-refractivity contribution in [3.8, 4) is 0 Å². The average molecular weight is 304 g/mol. The van der Waals surface area contributed by atoms with Gasteiger partial charge in [0.2, 0.25) is 0 Å². The summed E-state index contributed by atoms with van der Waals surface area (Å²) >= 11 is 6.15. The van der Waals surface area contributed by atoms with E-state index in [1.54, 1.807) is 24.6 Å². The number of aromatic nitrogens is 3. The highest BCUT2D eigenvalue weighted by Gasteiger charge is 2.13. The van der Waals surface area contributed by atoms with Crippen molar-refractivity contribution in [2.75, 3.05) is 0 Å². The molecule has 0 aliphatic carbocycles. The molecule has 21 heavy (non-hydrogen) atoms. The Morgan fingerprint density at radius 2 is 1.95 bits per heavy atom. The fourth-order valence-electron chi connectivity index (χ4n) is 2.52. The van der Waals surface area contributed by atoms with E-state index in [-0.39, 0.29) is 11.1 Å². The molecular formula is C15H14ClN3O2. The zero-order valence-electron chi connectivity index (χ0n) is 11.7. The minimum atomic E-state index is -0.165. The smallest absolute Gasteiger partial charge is 0.275 e. The van der Waals surface area contributed by atoms with Gasteiger partial charge in [-0.25, -0.2) is 0 Å². The minimum absolute atomic E-state index is 0.143. The highest BCUT2D eigenvalue weighted by Crippen LogP contribution is 2.17. The first-order valence-corrected chi connectivity index (χ1v) is 6.89. The largest absolute Gasteiger partial charge is 0.308 e. The van der Waals surface area contributed by atoms with Crippen LogP contribution in [-0.2, 0) is 13.6 Å². The van der Waals surface area contributed by atoms with Crippen LogP contribution in [-0.4, -0.2) is 14.3 Å². The summed E-state index contributed by atoms with van der Waals surface area (Å²) in [5, 5.41) is 4.01. The molecule has 6 heteroatoms. The van der Waals surface area contributed by atoms with E-state index in [2.05, 4.69) is 5.10 Å². The molecule has 0 aliphatic rings. The summed E-state index contributed by atoms with van der Waals surface area (Å²) in [6.07, 6.45) is 0. The number of fused-ring (bicyclic) bond motifs is 1. The third-order valence-corrected chi connectivity index (χ3v) is 4.03. The van der Waals surface area contributed by atoms with Crippen LogP contribution in [0.3, 0.4) is 0 Å². The Kier molecular flexibility index (Phi) is 3.22. The summed E-state index contributed by atoms with van der Waals surface area (Å²) in [5.41, 5.74) is 1.73. The summed E-state index contributed by atoms with van der Waals surface area (Å²) in [5.74, 6) is 0. The van der Waals surface area contributed by atoms with Gasteiger partial charge in [0.05, 0.1) is 17.4 Å². The molecule has 108 valence electrons. The second kappa shape index (κ2) is 4.93. The molecule has 0 amide bonds. The zero-order valence-corrected chi connectivity index (χ0v) is 12.4. The van der Waals surface area contributed by atoms with E-state index in [9.17, 15) is 9.59 Å². The molecule has 1 N–H and O–H groups in total. The highest BCUT2D eigenvalue weighted by molar-refractivity contribution is 6.31. The van der Waals surface area contributed by atoms with Gasteiger partial charge in [-0.3, -0.25) is 19.4 Å². The molecule has 0 spiro atoms. The lowest BCUT2D eigenvalue weighted by Crippen LogP contribution is -2.23. The van der Waals surface area contributed by atoms with Gasteiger partial charge in [-0.2, -0.15) is 0 Å². The minimum Gasteiger partial charge on any atom is -0.308 e. The first-order chi connectivity index (χ1) is 9.99. The molecular weight excluding hydrogens is 290 g/mol. The lowest BCUT2D eigenvalue weighted by molar-refractivity contribution is 0.738. The van der Waals surface area contributed by atoms with Gasteiger partial charge in [-0.1, -0.05) is 29.8 Å². The van der Waals surface area contributed by atoms with Crippen LogP contribution in [0.4, 0.5) is 0 Å². The fraction of sp³-hybridized carbons (Fsp3) is 0.200. The standard InChI is InChI=1S/C15H14ClN3O2/c1-9-14-12(17-18(2)15(14)21)7-13(20)19(9)8-10-5-3-4-6-11(10)16/h3-7,17H,8H2,1-2H3. The molecule has 0 saturated heterocycles. The topological polar surface area (TPSA) is 59.8 Å². The zero-order chi connectivity index (χ0) is 15.1. The molecule has 0 atom stereocenters. The highest BCUT2D eigenvalue weighted by atomic mass is 35.5. The molecule has 5 nitrogen and oxygen atoms in total. The van der Waals surface area contributed by atoms with E-state index in [4.69, 9.17) is 11.6 Å². The number of hydrogen-bond donors (Lipinski definition) is 1. The predicted octanol–water partition coefficient (Wildman–Crippen LogP) is 2.04. The maximum absolute atomic E-state index is 12.3. The molecule has 3 aromatic rings. The van der Waals surface area contributed by atoms with Crippen LogP contribution < -0.4 is 11.1 Å². The van der Waals surface area contributed by atoms with Gasteiger partial charge in [0.15, 0.2) is 0 Å². The maximum atomic E-state index is 12.3. The van der Waals surface area contributed by atoms with E-state index < -0.39 is 0 Å². The number of pyridine rings is 1. The Morgan fingerprint density at radius 1 is 1.24 bits per heavy atom. The molecule has 2 aromatic heterocycles. The number of aryl methyl sites for hydroxylation is 2. The van der Waals surface area contributed by atoms with Crippen molar-refractivity contribution in [2.45, 2.75) is 13.5 Å². The van der Waals surface area contributed by atoms with Crippen molar-refractivity contribution >= 4 is 22.5 Å². The number of nitrogens with zero attached hydrogens (tertiary/aromatic N) is 2. The third kappa shape index (κ3) is 2.19. The SMILES string of the molecule is Cc1c2c(=O)n(C)[nH]c2cc(=O)n1Cc1ccccc1Cl. The summed E-state index contributed by atoms with van der Waals surface area (Å²) in [7, 11) is 1.63. The summed E-state index contributed by atoms with van der Waals surface area (Å²) in [6, 6.07) is 8.81. The van der Waals surface area contributed by atoms with Crippen LogP contribution in [0.2, 0.25) is 5.02 Å². The number of aromatic amines is 1. The first-order valence-electron chi connectivity index (χ1n) is 6.51. The molecule has 0 bridgehead atoms. The van der Waals surface area contributed by atoms with Crippen molar-refractivity contribution in [1.82, 2.24) is 14.3 Å². The first kappa shape index (κ1) is 13.7. The maximum Gasteiger partial charge on any atom is 0.275 e. The van der Waals surface area contributed by atoms with Gasteiger partial charge in [0.1, 0.15) is 0 Å². The molecule has 0 unspecified atom stereocenters. The Hall–Kier alpha value is -2.27. The van der Waals surface area contributed by atoms with Crippen molar-refractivity contribution in [3.05, 3.63) is 67.3 Å². The van der Waals surface area contributed by atoms with E-state index in [1.807, 2.05) is 18.2 Å². The molecule has 2 heterocycles. The molecule has 0 saturated carbocycles. The molecule has 0 aliphatic heterocycles. The van der Waals surface area contributed by atoms with E-state index in [0.29, 0.717) is 28.2 Å². The Labute approximate surface area is 125 Å². The van der Waals surface area contributed by atoms with Gasteiger partial charge in [0.25, 0.3) is 11.1 Å². The Morgan fingerprint density at radius 3 is 2.67 bits per heavy atom. The Balaban J connectivity index is 2.24. The third-order valence-electron chi connectivity index (χ3n) is 3.66. The van der Waals surface area contributed by atoms with Gasteiger partial charge in [-0.05, 0) is 18.6 Å². The summed E-state index contributed by atoms with van der Waals surface area (Å²) in [6.45, 7) is 2.12. The average Bonchev–Trinajstić information content (AvgIpc) is 2.72. The van der Waals surface area contributed by atoms with Crippen LogP contribution in [0, 0.1) is 6.92 Å². The number of rotatable bonds is 2. The molecule has 1 aromatic carbocycles. The second-order valence-corrected chi connectivity index (χ2v) is 5.42. The van der Waals surface area contributed by atoms with Crippen LogP contribution in [0.25, 0.3) is 10.9 Å². The fourth-order valence-corrected chi connectivity index (χ4v) is 2.71. The lowest BCUT2D eigenvalue weighted by Gasteiger charge is -2.11. The van der Waals surface area contributed by atoms with Crippen molar-refractivity contribution in [1.29, 1.82) is 0 Å². The molecule has 0 radical (unpaired) electrons. The van der Waals surface area contributed by atoms with Crippen LogP contribution in [0.5, 0.6) is 0 Å². The van der Waals surface area contributed by atoms with Crippen LogP contribution >= 0.6 is 11.6 Å². The van der Waals surface area contributed by atoms with Crippen molar-refractivity contribution < 1.29 is 0 Å². The van der Waals surface area contributed by atoms with E-state index in [1.165, 1.54) is 10.7 Å². The number of nitrogens with one attached hydrogen (secondary N) is 1. The number of halogens is 1. The van der Waals surface area contributed by atoms with Crippen molar-refractivity contribution in [2.24, 2.45) is 7.05 Å². The normalized spacial score (nSPS) is 11.2. The number of benzene rings is 1. The van der Waals surface area contributed by atoms with Gasteiger partial charge < -0.3 is 4.57 Å². The van der Waals surface area contributed by atoms with Crippen LogP contribution in [0.15, 0.2) is 39.9 Å². The summed E-state index contributed by atoms with van der Waals surface area (Å²) in [4.78, 5) is 24.4. The monoisotopic (exact) mass is 303 g/mol. The Bertz CT molecular complexity index is 950. The van der Waals surface area contributed by atoms with E-state index >= 15 is 0 Å². The lowest BCUT2D eigenvalue weighted by atomic mass is 10.2.